The minimum absolute atomic E-state index is 0.358. The van der Waals surface area contributed by atoms with E-state index in [1.807, 2.05) is 0 Å². The molecule has 3 nitrogen and oxygen atoms in total. The van der Waals surface area contributed by atoms with Gasteiger partial charge in [0.05, 0.1) is 6.61 Å². The van der Waals surface area contributed by atoms with Gasteiger partial charge >= 0.3 is 0 Å². The molecule has 0 heterocycles. The molecule has 2 unspecified atom stereocenters. The minimum Gasteiger partial charge on any atom is -0.383 e. The predicted octanol–water partition coefficient (Wildman–Crippen LogP) is 1.86. The molecule has 2 atom stereocenters. The summed E-state index contributed by atoms with van der Waals surface area (Å²) >= 11 is 0. The van der Waals surface area contributed by atoms with Crippen molar-refractivity contribution in [3.63, 3.8) is 0 Å². The summed E-state index contributed by atoms with van der Waals surface area (Å²) < 4.78 is 5.18. The Kier molecular flexibility index (Phi) is 6.32. The van der Waals surface area contributed by atoms with Crippen LogP contribution in [0, 0.1) is 5.92 Å². The van der Waals surface area contributed by atoms with E-state index in [-0.39, 0.29) is 0 Å². The first-order chi connectivity index (χ1) is 7.69. The summed E-state index contributed by atoms with van der Waals surface area (Å²) in [6.07, 6.45) is 5.00. The highest BCUT2D eigenvalue weighted by molar-refractivity contribution is 4.85. The molecule has 96 valence electrons. The lowest BCUT2D eigenvalue weighted by atomic mass is 10.1. The van der Waals surface area contributed by atoms with E-state index in [0.29, 0.717) is 12.1 Å². The molecule has 16 heavy (non-hydrogen) atoms. The Labute approximate surface area is 100 Å². The topological polar surface area (TPSA) is 38.5 Å². The summed E-state index contributed by atoms with van der Waals surface area (Å²) in [6, 6.07) is 1.07. The van der Waals surface area contributed by atoms with Crippen LogP contribution in [0.15, 0.2) is 0 Å². The Morgan fingerprint density at radius 1 is 1.38 bits per heavy atom. The average molecular weight is 228 g/mol. The molecule has 1 aliphatic carbocycles. The third-order valence-electron chi connectivity index (χ3n) is 3.77. The van der Waals surface area contributed by atoms with Crippen molar-refractivity contribution in [3.8, 4) is 0 Å². The zero-order chi connectivity index (χ0) is 12.0. The van der Waals surface area contributed by atoms with Gasteiger partial charge in [0.15, 0.2) is 0 Å². The van der Waals surface area contributed by atoms with Crippen LogP contribution in [0.5, 0.6) is 0 Å². The molecular formula is C13H28N2O. The molecule has 0 aromatic heterocycles. The van der Waals surface area contributed by atoms with E-state index >= 15 is 0 Å². The Balaban J connectivity index is 2.30. The summed E-state index contributed by atoms with van der Waals surface area (Å²) in [5.74, 6) is 0.926. The molecule has 1 rings (SSSR count). The fourth-order valence-electron chi connectivity index (χ4n) is 2.14. The fraction of sp³-hybridized carbons (Fsp3) is 1.00. The number of rotatable bonds is 9. The molecule has 0 aromatic carbocycles. The van der Waals surface area contributed by atoms with Gasteiger partial charge in [0, 0.05) is 25.7 Å². The molecule has 0 bridgehead atoms. The van der Waals surface area contributed by atoms with Crippen molar-refractivity contribution in [2.45, 2.75) is 51.6 Å². The lowest BCUT2D eigenvalue weighted by molar-refractivity contribution is 0.114. The summed E-state index contributed by atoms with van der Waals surface area (Å²) in [7, 11) is 1.78. The molecule has 1 fully saturated rings. The van der Waals surface area contributed by atoms with Gasteiger partial charge in [0.1, 0.15) is 0 Å². The standard InChI is InChI=1S/C13H28N2O/c1-4-13(14)7-8-15(9-10-16-3)11(2)12-5-6-12/h11-13H,4-10,14H2,1-3H3. The number of hydrogen-bond acceptors (Lipinski definition) is 3. The molecule has 0 aromatic rings. The predicted molar refractivity (Wildman–Crippen MR) is 68.5 cm³/mol. The molecule has 0 aliphatic heterocycles. The van der Waals surface area contributed by atoms with Crippen LogP contribution < -0.4 is 5.73 Å². The summed E-state index contributed by atoms with van der Waals surface area (Å²) in [6.45, 7) is 7.51. The van der Waals surface area contributed by atoms with Crippen LogP contribution >= 0.6 is 0 Å². The van der Waals surface area contributed by atoms with Crippen LogP contribution in [0.3, 0.4) is 0 Å². The Morgan fingerprint density at radius 3 is 2.56 bits per heavy atom. The number of ether oxygens (including phenoxy) is 1. The van der Waals surface area contributed by atoms with Gasteiger partial charge in [-0.05, 0) is 45.1 Å². The van der Waals surface area contributed by atoms with Crippen LogP contribution in [0.2, 0.25) is 0 Å². The smallest absolute Gasteiger partial charge is 0.0589 e. The Morgan fingerprint density at radius 2 is 2.06 bits per heavy atom. The highest BCUT2D eigenvalue weighted by Gasteiger charge is 2.31. The van der Waals surface area contributed by atoms with Gasteiger partial charge in [0.25, 0.3) is 0 Å². The van der Waals surface area contributed by atoms with Gasteiger partial charge in [-0.15, -0.1) is 0 Å². The van der Waals surface area contributed by atoms with Gasteiger partial charge in [-0.25, -0.2) is 0 Å². The molecule has 1 saturated carbocycles. The quantitative estimate of drug-likeness (QED) is 0.654. The molecule has 0 spiro atoms. The first-order valence-corrected chi connectivity index (χ1v) is 6.67. The van der Waals surface area contributed by atoms with Gasteiger partial charge in [-0.2, -0.15) is 0 Å². The lowest BCUT2D eigenvalue weighted by Gasteiger charge is -2.29. The van der Waals surface area contributed by atoms with Crippen molar-refractivity contribution in [1.82, 2.24) is 4.90 Å². The molecule has 0 saturated heterocycles. The van der Waals surface area contributed by atoms with E-state index in [4.69, 9.17) is 10.5 Å². The number of nitrogens with zero attached hydrogens (tertiary/aromatic N) is 1. The summed E-state index contributed by atoms with van der Waals surface area (Å²) in [4.78, 5) is 2.55. The normalized spacial score (nSPS) is 20.1. The number of nitrogens with two attached hydrogens (primary N) is 1. The molecule has 2 N–H and O–H groups in total. The van der Waals surface area contributed by atoms with E-state index in [2.05, 4.69) is 18.7 Å². The van der Waals surface area contributed by atoms with E-state index in [9.17, 15) is 0 Å². The van der Waals surface area contributed by atoms with Crippen molar-refractivity contribution < 1.29 is 4.74 Å². The highest BCUT2D eigenvalue weighted by atomic mass is 16.5. The van der Waals surface area contributed by atoms with Crippen LogP contribution in [0.25, 0.3) is 0 Å². The lowest BCUT2D eigenvalue weighted by Crippen LogP contribution is -2.39. The van der Waals surface area contributed by atoms with Crippen molar-refractivity contribution in [2.75, 3.05) is 26.8 Å². The second kappa shape index (κ2) is 7.25. The maximum absolute atomic E-state index is 5.98. The molecule has 1 aliphatic rings. The first kappa shape index (κ1) is 13.9. The second-order valence-corrected chi connectivity index (χ2v) is 5.06. The summed E-state index contributed by atoms with van der Waals surface area (Å²) in [5.41, 5.74) is 5.98. The number of methoxy groups -OCH3 is 1. The minimum atomic E-state index is 0.358. The van der Waals surface area contributed by atoms with Crippen molar-refractivity contribution in [1.29, 1.82) is 0 Å². The third-order valence-corrected chi connectivity index (χ3v) is 3.77. The van der Waals surface area contributed by atoms with E-state index in [1.165, 1.54) is 12.8 Å². The van der Waals surface area contributed by atoms with Crippen molar-refractivity contribution in [2.24, 2.45) is 11.7 Å². The third kappa shape index (κ3) is 4.81. The monoisotopic (exact) mass is 228 g/mol. The Bertz CT molecular complexity index is 183. The largest absolute Gasteiger partial charge is 0.383 e. The van der Waals surface area contributed by atoms with Crippen LogP contribution in [-0.4, -0.2) is 43.8 Å². The van der Waals surface area contributed by atoms with Crippen molar-refractivity contribution in [3.05, 3.63) is 0 Å². The molecule has 0 radical (unpaired) electrons. The fourth-order valence-corrected chi connectivity index (χ4v) is 2.14. The zero-order valence-electron chi connectivity index (χ0n) is 11.1. The van der Waals surface area contributed by atoms with Gasteiger partial charge in [0.2, 0.25) is 0 Å². The molecular weight excluding hydrogens is 200 g/mol. The van der Waals surface area contributed by atoms with Gasteiger partial charge < -0.3 is 10.5 Å². The number of hydrogen-bond donors (Lipinski definition) is 1. The maximum Gasteiger partial charge on any atom is 0.0589 e. The van der Waals surface area contributed by atoms with E-state index in [0.717, 1.165) is 38.5 Å². The van der Waals surface area contributed by atoms with Gasteiger partial charge in [-0.3, -0.25) is 4.90 Å². The van der Waals surface area contributed by atoms with Crippen LogP contribution in [0.1, 0.15) is 39.5 Å². The molecule has 0 amide bonds. The van der Waals surface area contributed by atoms with Crippen LogP contribution in [-0.2, 0) is 4.74 Å². The van der Waals surface area contributed by atoms with Crippen LogP contribution in [0.4, 0.5) is 0 Å². The van der Waals surface area contributed by atoms with E-state index in [1.54, 1.807) is 7.11 Å². The second-order valence-electron chi connectivity index (χ2n) is 5.06. The summed E-state index contributed by atoms with van der Waals surface area (Å²) in [5, 5.41) is 0. The van der Waals surface area contributed by atoms with E-state index < -0.39 is 0 Å². The SMILES string of the molecule is CCC(N)CCN(CCOC)C(C)C1CC1. The molecule has 3 heteroatoms. The van der Waals surface area contributed by atoms with Crippen molar-refractivity contribution >= 4 is 0 Å². The average Bonchev–Trinajstić information content (AvgIpc) is 3.11. The maximum atomic E-state index is 5.98. The zero-order valence-corrected chi connectivity index (χ0v) is 11.1. The first-order valence-electron chi connectivity index (χ1n) is 6.67. The highest BCUT2D eigenvalue weighted by Crippen LogP contribution is 2.35. The Hall–Kier alpha value is -0.120. The van der Waals surface area contributed by atoms with Gasteiger partial charge in [-0.1, -0.05) is 6.92 Å².